The average molecular weight is 580 g/mol. The summed E-state index contributed by atoms with van der Waals surface area (Å²) in [4.78, 5) is 15.1. The topological polar surface area (TPSA) is 48.0 Å². The number of benzene rings is 3. The first-order valence-electron chi connectivity index (χ1n) is 13.1. The van der Waals surface area contributed by atoms with Crippen LogP contribution in [-0.4, -0.2) is 30.6 Å². The smallest absolute Gasteiger partial charge is 0.270 e. The Labute approximate surface area is 244 Å². The van der Waals surface area contributed by atoms with E-state index in [1.807, 2.05) is 42.5 Å². The van der Waals surface area contributed by atoms with Gasteiger partial charge in [0.15, 0.2) is 15.8 Å². The summed E-state index contributed by atoms with van der Waals surface area (Å²) < 4.78 is 17.9. The lowest BCUT2D eigenvalue weighted by molar-refractivity contribution is -0.113. The number of thioether (sulfide) groups is 1. The fourth-order valence-corrected chi connectivity index (χ4v) is 6.53. The second-order valence-electron chi connectivity index (χ2n) is 9.49. The molecule has 202 valence electrons. The van der Waals surface area contributed by atoms with Crippen molar-refractivity contribution in [2.24, 2.45) is 0 Å². The monoisotopic (exact) mass is 579 g/mol. The summed E-state index contributed by atoms with van der Waals surface area (Å²) in [6.07, 6.45) is 8.32. The number of hydrogen-bond donors (Lipinski definition) is 0. The molecule has 0 N–H and O–H groups in total. The molecule has 1 heterocycles. The van der Waals surface area contributed by atoms with Gasteiger partial charge >= 0.3 is 0 Å². The lowest BCUT2D eigenvalue weighted by Crippen LogP contribution is -2.27. The number of para-hydroxylation sites is 1. The molecule has 5 rings (SSSR count). The van der Waals surface area contributed by atoms with Crippen molar-refractivity contribution in [3.8, 4) is 17.2 Å². The Balaban J connectivity index is 1.20. The first kappa shape index (κ1) is 27.6. The second kappa shape index (κ2) is 12.9. The van der Waals surface area contributed by atoms with Crippen molar-refractivity contribution in [1.29, 1.82) is 0 Å². The van der Waals surface area contributed by atoms with Crippen LogP contribution in [0, 0.1) is 0 Å². The fourth-order valence-electron chi connectivity index (χ4n) is 4.96. The number of halogens is 1. The molecule has 3 aromatic carbocycles. The first-order chi connectivity index (χ1) is 19.0. The lowest BCUT2D eigenvalue weighted by atomic mass is 9.84. The molecule has 1 saturated heterocycles. The number of carbonyl (C=O) groups is 1. The standard InChI is InChI=1S/C31H30ClNO4S2/c1-35-27-19-21(20-28-30(34)33(31(38)39-28)24-10-6-3-7-11-24)18-26(32)29(27)37-17-16-36-25-14-12-23(13-15-25)22-8-4-2-5-9-22/h3,6-7,10-15,18-20,22H,2,4-5,8-9,16-17H2,1H3/b28-20-. The van der Waals surface area contributed by atoms with Gasteiger partial charge < -0.3 is 14.2 Å². The molecule has 0 bridgehead atoms. The Hall–Kier alpha value is -3.00. The second-order valence-corrected chi connectivity index (χ2v) is 11.6. The van der Waals surface area contributed by atoms with Gasteiger partial charge in [0.1, 0.15) is 19.0 Å². The number of anilines is 1. The minimum absolute atomic E-state index is 0.171. The molecule has 0 aromatic heterocycles. The summed E-state index contributed by atoms with van der Waals surface area (Å²) in [7, 11) is 1.56. The third-order valence-corrected chi connectivity index (χ3v) is 8.50. The van der Waals surface area contributed by atoms with Gasteiger partial charge in [-0.2, -0.15) is 0 Å². The number of thiocarbonyl (C=S) groups is 1. The largest absolute Gasteiger partial charge is 0.493 e. The number of carbonyl (C=O) groups excluding carboxylic acids is 1. The van der Waals surface area contributed by atoms with E-state index in [1.54, 1.807) is 25.3 Å². The van der Waals surface area contributed by atoms with E-state index in [0.717, 1.165) is 11.4 Å². The zero-order chi connectivity index (χ0) is 27.2. The molecule has 0 atom stereocenters. The fraction of sp³-hybridized carbons (Fsp3) is 0.290. The number of nitrogens with zero attached hydrogens (tertiary/aromatic N) is 1. The van der Waals surface area contributed by atoms with Crippen LogP contribution in [0.4, 0.5) is 5.69 Å². The number of ether oxygens (including phenoxy) is 3. The van der Waals surface area contributed by atoms with Crippen LogP contribution in [0.3, 0.4) is 0 Å². The van der Waals surface area contributed by atoms with Crippen LogP contribution in [0.25, 0.3) is 6.08 Å². The van der Waals surface area contributed by atoms with E-state index in [0.29, 0.717) is 50.4 Å². The molecular weight excluding hydrogens is 550 g/mol. The van der Waals surface area contributed by atoms with Gasteiger partial charge in [-0.3, -0.25) is 9.69 Å². The van der Waals surface area contributed by atoms with Crippen molar-refractivity contribution in [3.63, 3.8) is 0 Å². The van der Waals surface area contributed by atoms with Crippen molar-refractivity contribution in [1.82, 2.24) is 0 Å². The van der Waals surface area contributed by atoms with Crippen molar-refractivity contribution in [3.05, 3.63) is 87.8 Å². The van der Waals surface area contributed by atoms with Crippen molar-refractivity contribution < 1.29 is 19.0 Å². The summed E-state index contributed by atoms with van der Waals surface area (Å²) in [5.41, 5.74) is 2.86. The highest BCUT2D eigenvalue weighted by Gasteiger charge is 2.33. The summed E-state index contributed by atoms with van der Waals surface area (Å²) in [5.74, 6) is 2.23. The van der Waals surface area contributed by atoms with Gasteiger partial charge in [0.05, 0.1) is 22.7 Å². The van der Waals surface area contributed by atoms with Gasteiger partial charge in [-0.15, -0.1) is 0 Å². The molecule has 2 aliphatic rings. The van der Waals surface area contributed by atoms with E-state index in [1.165, 1.54) is 54.3 Å². The van der Waals surface area contributed by atoms with Crippen LogP contribution < -0.4 is 19.1 Å². The molecule has 5 nitrogen and oxygen atoms in total. The van der Waals surface area contributed by atoms with Crippen LogP contribution >= 0.6 is 35.6 Å². The van der Waals surface area contributed by atoms with Crippen molar-refractivity contribution in [2.45, 2.75) is 38.0 Å². The maximum absolute atomic E-state index is 13.1. The van der Waals surface area contributed by atoms with E-state index < -0.39 is 0 Å². The maximum Gasteiger partial charge on any atom is 0.270 e. The molecule has 1 amide bonds. The number of methoxy groups -OCH3 is 1. The van der Waals surface area contributed by atoms with Crippen LogP contribution in [0.2, 0.25) is 5.02 Å². The summed E-state index contributed by atoms with van der Waals surface area (Å²) in [6.45, 7) is 0.668. The molecule has 0 spiro atoms. The summed E-state index contributed by atoms with van der Waals surface area (Å²) in [6, 6.07) is 21.3. The van der Waals surface area contributed by atoms with Crippen molar-refractivity contribution >= 4 is 57.6 Å². The minimum Gasteiger partial charge on any atom is -0.493 e. The van der Waals surface area contributed by atoms with Crippen molar-refractivity contribution in [2.75, 3.05) is 25.2 Å². The molecular formula is C31H30ClNO4S2. The van der Waals surface area contributed by atoms with Gasteiger partial charge in [0, 0.05) is 0 Å². The zero-order valence-corrected chi connectivity index (χ0v) is 24.1. The first-order valence-corrected chi connectivity index (χ1v) is 14.7. The molecule has 1 aliphatic heterocycles. The molecule has 1 aliphatic carbocycles. The van der Waals surface area contributed by atoms with E-state index in [4.69, 9.17) is 38.0 Å². The Bertz CT molecular complexity index is 1360. The lowest BCUT2D eigenvalue weighted by Gasteiger charge is -2.22. The average Bonchev–Trinajstić information content (AvgIpc) is 3.24. The molecule has 0 unspecified atom stereocenters. The van der Waals surface area contributed by atoms with Crippen LogP contribution in [0.1, 0.15) is 49.1 Å². The van der Waals surface area contributed by atoms with E-state index in [-0.39, 0.29) is 5.91 Å². The summed E-state index contributed by atoms with van der Waals surface area (Å²) in [5, 5.41) is 0.385. The van der Waals surface area contributed by atoms with E-state index in [2.05, 4.69) is 12.1 Å². The molecule has 1 saturated carbocycles. The predicted octanol–water partition coefficient (Wildman–Crippen LogP) is 8.26. The number of rotatable bonds is 9. The highest BCUT2D eigenvalue weighted by molar-refractivity contribution is 8.27. The van der Waals surface area contributed by atoms with Gasteiger partial charge in [-0.1, -0.05) is 85.2 Å². The highest BCUT2D eigenvalue weighted by Crippen LogP contribution is 2.40. The predicted molar refractivity (Wildman–Crippen MR) is 163 cm³/mol. The third kappa shape index (κ3) is 6.60. The molecule has 8 heteroatoms. The SMILES string of the molecule is COc1cc(/C=C2\SC(=S)N(c3ccccc3)C2=O)cc(Cl)c1OCCOc1ccc(C2CCCCC2)cc1. The van der Waals surface area contributed by atoms with Gasteiger partial charge in [0.2, 0.25) is 0 Å². The van der Waals surface area contributed by atoms with Crippen LogP contribution in [0.5, 0.6) is 17.2 Å². The Morgan fingerprint density at radius 2 is 1.72 bits per heavy atom. The highest BCUT2D eigenvalue weighted by atomic mass is 35.5. The Morgan fingerprint density at radius 3 is 2.44 bits per heavy atom. The zero-order valence-electron chi connectivity index (χ0n) is 21.7. The summed E-state index contributed by atoms with van der Waals surface area (Å²) >= 11 is 13.3. The van der Waals surface area contributed by atoms with E-state index in [9.17, 15) is 4.79 Å². The number of hydrogen-bond acceptors (Lipinski definition) is 6. The van der Waals surface area contributed by atoms with Gasteiger partial charge in [0.25, 0.3) is 5.91 Å². The normalized spacial score (nSPS) is 17.1. The number of amides is 1. The third-order valence-electron chi connectivity index (χ3n) is 6.91. The quantitative estimate of drug-likeness (QED) is 0.144. The molecule has 39 heavy (non-hydrogen) atoms. The van der Waals surface area contributed by atoms with Gasteiger partial charge in [-0.25, -0.2) is 0 Å². The molecule has 3 aromatic rings. The van der Waals surface area contributed by atoms with Crippen LogP contribution in [0.15, 0.2) is 71.6 Å². The molecule has 0 radical (unpaired) electrons. The molecule has 2 fully saturated rings. The van der Waals surface area contributed by atoms with Gasteiger partial charge in [-0.05, 0) is 72.4 Å². The van der Waals surface area contributed by atoms with Crippen LogP contribution in [-0.2, 0) is 4.79 Å². The Morgan fingerprint density at radius 1 is 1.00 bits per heavy atom. The maximum atomic E-state index is 13.1. The minimum atomic E-state index is -0.171. The Kier molecular flexibility index (Phi) is 9.12. The van der Waals surface area contributed by atoms with E-state index >= 15 is 0 Å².